The number of fused-ring (bicyclic) bond motifs is 1. The molecule has 6 nitrogen and oxygen atoms in total. The van der Waals surface area contributed by atoms with Crippen molar-refractivity contribution >= 4 is 16.6 Å². The first-order valence-electron chi connectivity index (χ1n) is 7.95. The SMILES string of the molecule is CC1(c2ccn[nH]2)C(N)CCCN1c1nncc2ccccc12. The minimum Gasteiger partial charge on any atom is -0.342 e. The molecule has 1 fully saturated rings. The quantitative estimate of drug-likeness (QED) is 0.758. The maximum atomic E-state index is 6.54. The second-order valence-corrected chi connectivity index (χ2v) is 6.27. The summed E-state index contributed by atoms with van der Waals surface area (Å²) < 4.78 is 0. The molecule has 0 bridgehead atoms. The van der Waals surface area contributed by atoms with E-state index in [0.717, 1.165) is 41.7 Å². The van der Waals surface area contributed by atoms with E-state index in [2.05, 4.69) is 44.4 Å². The van der Waals surface area contributed by atoms with Crippen LogP contribution in [0, 0.1) is 0 Å². The van der Waals surface area contributed by atoms with Gasteiger partial charge in [0.25, 0.3) is 0 Å². The van der Waals surface area contributed by atoms with Gasteiger partial charge in [-0.15, -0.1) is 5.10 Å². The number of hydrogen-bond donors (Lipinski definition) is 2. The van der Waals surface area contributed by atoms with Gasteiger partial charge in [0.05, 0.1) is 17.4 Å². The predicted molar refractivity (Wildman–Crippen MR) is 90.0 cm³/mol. The molecule has 0 amide bonds. The first kappa shape index (κ1) is 14.1. The van der Waals surface area contributed by atoms with Crippen molar-refractivity contribution < 1.29 is 0 Å². The topological polar surface area (TPSA) is 83.7 Å². The summed E-state index contributed by atoms with van der Waals surface area (Å²) >= 11 is 0. The third-order valence-electron chi connectivity index (χ3n) is 5.03. The molecule has 2 unspecified atom stereocenters. The Hall–Kier alpha value is -2.47. The van der Waals surface area contributed by atoms with Crippen LogP contribution in [0.4, 0.5) is 5.82 Å². The van der Waals surface area contributed by atoms with E-state index in [9.17, 15) is 0 Å². The van der Waals surface area contributed by atoms with Crippen LogP contribution in [0.2, 0.25) is 0 Å². The summed E-state index contributed by atoms with van der Waals surface area (Å²) in [6.07, 6.45) is 5.59. The Morgan fingerprint density at radius 2 is 2.17 bits per heavy atom. The van der Waals surface area contributed by atoms with Gasteiger partial charge in [0.2, 0.25) is 0 Å². The molecular formula is C17H20N6. The maximum absolute atomic E-state index is 6.54. The van der Waals surface area contributed by atoms with Gasteiger partial charge in [0.1, 0.15) is 0 Å². The Balaban J connectivity index is 1.91. The summed E-state index contributed by atoms with van der Waals surface area (Å²) in [6.45, 7) is 3.06. The standard InChI is InChI=1S/C17H20N6/c1-17(15-8-9-19-21-15)14(18)7-4-10-23(17)16-13-6-3-2-5-12(13)11-20-22-16/h2-3,5-6,8-9,11,14H,4,7,10,18H2,1H3,(H,19,21). The smallest absolute Gasteiger partial charge is 0.159 e. The minimum atomic E-state index is -0.381. The molecular weight excluding hydrogens is 288 g/mol. The number of rotatable bonds is 2. The van der Waals surface area contributed by atoms with Crippen LogP contribution < -0.4 is 10.6 Å². The Labute approximate surface area is 134 Å². The Kier molecular flexibility index (Phi) is 3.27. The molecule has 1 saturated heterocycles. The Bertz CT molecular complexity index is 810. The third kappa shape index (κ3) is 2.09. The first-order valence-corrected chi connectivity index (χ1v) is 7.95. The van der Waals surface area contributed by atoms with Gasteiger partial charge in [-0.05, 0) is 25.8 Å². The Morgan fingerprint density at radius 3 is 3.00 bits per heavy atom. The molecule has 4 rings (SSSR count). The second-order valence-electron chi connectivity index (χ2n) is 6.27. The number of nitrogens with zero attached hydrogens (tertiary/aromatic N) is 4. The van der Waals surface area contributed by atoms with Crippen molar-refractivity contribution in [1.29, 1.82) is 0 Å². The van der Waals surface area contributed by atoms with Gasteiger partial charge >= 0.3 is 0 Å². The predicted octanol–water partition coefficient (Wildman–Crippen LogP) is 2.20. The molecule has 1 aromatic carbocycles. The number of piperidine rings is 1. The molecule has 1 aliphatic heterocycles. The van der Waals surface area contributed by atoms with E-state index in [1.54, 1.807) is 12.4 Å². The summed E-state index contributed by atoms with van der Waals surface area (Å²) in [7, 11) is 0. The number of nitrogens with one attached hydrogen (secondary N) is 1. The van der Waals surface area contributed by atoms with E-state index in [1.165, 1.54) is 0 Å². The zero-order chi connectivity index (χ0) is 15.9. The summed E-state index contributed by atoms with van der Waals surface area (Å²) in [6, 6.07) is 10.2. The fourth-order valence-corrected chi connectivity index (χ4v) is 3.60. The maximum Gasteiger partial charge on any atom is 0.159 e. The number of anilines is 1. The molecule has 23 heavy (non-hydrogen) atoms. The second kappa shape index (κ2) is 5.31. The normalized spacial score (nSPS) is 25.0. The van der Waals surface area contributed by atoms with Crippen LogP contribution in [0.5, 0.6) is 0 Å². The van der Waals surface area contributed by atoms with E-state index in [4.69, 9.17) is 5.73 Å². The molecule has 6 heteroatoms. The minimum absolute atomic E-state index is 0.00234. The van der Waals surface area contributed by atoms with Crippen molar-refractivity contribution in [2.75, 3.05) is 11.4 Å². The molecule has 0 radical (unpaired) electrons. The largest absolute Gasteiger partial charge is 0.342 e. The highest BCUT2D eigenvalue weighted by Crippen LogP contribution is 2.40. The van der Waals surface area contributed by atoms with Gasteiger partial charge in [-0.2, -0.15) is 10.2 Å². The van der Waals surface area contributed by atoms with Crippen LogP contribution >= 0.6 is 0 Å². The van der Waals surface area contributed by atoms with Crippen molar-refractivity contribution in [2.45, 2.75) is 31.3 Å². The lowest BCUT2D eigenvalue weighted by Gasteiger charge is -2.48. The summed E-state index contributed by atoms with van der Waals surface area (Å²) in [5, 5.41) is 18.1. The molecule has 2 atom stereocenters. The molecule has 3 heterocycles. The molecule has 3 aromatic rings. The lowest BCUT2D eigenvalue weighted by molar-refractivity contribution is 0.282. The van der Waals surface area contributed by atoms with Crippen molar-refractivity contribution in [3.8, 4) is 0 Å². The highest BCUT2D eigenvalue weighted by molar-refractivity contribution is 5.91. The molecule has 118 valence electrons. The van der Waals surface area contributed by atoms with Crippen LogP contribution in [0.25, 0.3) is 10.8 Å². The number of hydrogen-bond acceptors (Lipinski definition) is 5. The molecule has 0 saturated carbocycles. The highest BCUT2D eigenvalue weighted by atomic mass is 15.3. The summed E-state index contributed by atoms with van der Waals surface area (Å²) in [4.78, 5) is 2.28. The molecule has 0 aliphatic carbocycles. The van der Waals surface area contributed by atoms with Crippen LogP contribution in [0.15, 0.2) is 42.7 Å². The van der Waals surface area contributed by atoms with Gasteiger partial charge in [0, 0.05) is 29.6 Å². The number of aromatic amines is 1. The third-order valence-corrected chi connectivity index (χ3v) is 5.03. The van der Waals surface area contributed by atoms with Gasteiger partial charge < -0.3 is 10.6 Å². The molecule has 0 spiro atoms. The molecule has 1 aliphatic rings. The van der Waals surface area contributed by atoms with E-state index < -0.39 is 0 Å². The van der Waals surface area contributed by atoms with Crippen molar-refractivity contribution in [3.05, 3.63) is 48.4 Å². The number of benzene rings is 1. The van der Waals surface area contributed by atoms with Crippen molar-refractivity contribution in [2.24, 2.45) is 5.73 Å². The highest BCUT2D eigenvalue weighted by Gasteiger charge is 2.44. The summed E-state index contributed by atoms with van der Waals surface area (Å²) in [5.41, 5.74) is 7.17. The zero-order valence-electron chi connectivity index (χ0n) is 13.1. The van der Waals surface area contributed by atoms with Crippen LogP contribution in [0.1, 0.15) is 25.5 Å². The van der Waals surface area contributed by atoms with E-state index in [1.807, 2.05) is 18.2 Å². The van der Waals surface area contributed by atoms with Crippen molar-refractivity contribution in [3.63, 3.8) is 0 Å². The first-order chi connectivity index (χ1) is 11.2. The molecule has 3 N–H and O–H groups in total. The van der Waals surface area contributed by atoms with E-state index in [0.29, 0.717) is 0 Å². The molecule has 2 aromatic heterocycles. The van der Waals surface area contributed by atoms with E-state index in [-0.39, 0.29) is 11.6 Å². The fraction of sp³-hybridized carbons (Fsp3) is 0.353. The number of nitrogens with two attached hydrogens (primary N) is 1. The van der Waals surface area contributed by atoms with Gasteiger partial charge in [0.15, 0.2) is 5.82 Å². The Morgan fingerprint density at radius 1 is 1.30 bits per heavy atom. The average Bonchev–Trinajstić information content (AvgIpc) is 3.12. The number of aromatic nitrogens is 4. The van der Waals surface area contributed by atoms with Crippen LogP contribution in [-0.2, 0) is 5.54 Å². The number of H-pyrrole nitrogens is 1. The monoisotopic (exact) mass is 308 g/mol. The lowest BCUT2D eigenvalue weighted by Crippen LogP contribution is -2.60. The van der Waals surface area contributed by atoms with Crippen molar-refractivity contribution in [1.82, 2.24) is 20.4 Å². The zero-order valence-corrected chi connectivity index (χ0v) is 13.1. The van der Waals surface area contributed by atoms with E-state index >= 15 is 0 Å². The fourth-order valence-electron chi connectivity index (χ4n) is 3.60. The van der Waals surface area contributed by atoms with Gasteiger partial charge in [-0.3, -0.25) is 5.10 Å². The average molecular weight is 308 g/mol. The van der Waals surface area contributed by atoms with Gasteiger partial charge in [-0.25, -0.2) is 0 Å². The lowest BCUT2D eigenvalue weighted by atomic mass is 9.81. The van der Waals surface area contributed by atoms with Gasteiger partial charge in [-0.1, -0.05) is 24.3 Å². The van der Waals surface area contributed by atoms with Crippen LogP contribution in [0.3, 0.4) is 0 Å². The van der Waals surface area contributed by atoms with Crippen LogP contribution in [-0.4, -0.2) is 33.0 Å². The summed E-state index contributed by atoms with van der Waals surface area (Å²) in [5.74, 6) is 0.885.